The number of halogens is 1. The quantitative estimate of drug-likeness (QED) is 0.629. The fourth-order valence-corrected chi connectivity index (χ4v) is 3.72. The molecule has 1 aliphatic heterocycles. The molecule has 156 valence electrons. The van der Waals surface area contributed by atoms with Crippen LogP contribution in [0.15, 0.2) is 42.5 Å². The first-order valence-corrected chi connectivity index (χ1v) is 10.1. The van der Waals surface area contributed by atoms with Crippen LogP contribution in [0.2, 0.25) is 5.02 Å². The second-order valence-corrected chi connectivity index (χ2v) is 7.33. The molecule has 0 spiro atoms. The average molecular weight is 419 g/mol. The third-order valence-corrected chi connectivity index (χ3v) is 5.26. The number of ether oxygens (including phenoxy) is 3. The minimum Gasteiger partial charge on any atom is -0.497 e. The fourth-order valence-electron chi connectivity index (χ4n) is 3.60. The highest BCUT2D eigenvalue weighted by atomic mass is 35.5. The van der Waals surface area contributed by atoms with Gasteiger partial charge in [0.15, 0.2) is 0 Å². The number of hydrogen-bond donors (Lipinski definition) is 1. The first-order chi connectivity index (χ1) is 14.1. The van der Waals surface area contributed by atoms with E-state index in [1.807, 2.05) is 18.2 Å². The first-order valence-electron chi connectivity index (χ1n) is 9.71. The van der Waals surface area contributed by atoms with E-state index in [9.17, 15) is 4.79 Å². The summed E-state index contributed by atoms with van der Waals surface area (Å²) in [4.78, 5) is 14.6. The van der Waals surface area contributed by atoms with E-state index in [0.29, 0.717) is 24.7 Å². The predicted octanol–water partition coefficient (Wildman–Crippen LogP) is 3.69. The maximum absolute atomic E-state index is 12.4. The molecule has 0 aliphatic carbocycles. The van der Waals surface area contributed by atoms with Crippen LogP contribution in [0.3, 0.4) is 0 Å². The third-order valence-electron chi connectivity index (χ3n) is 5.01. The zero-order valence-corrected chi connectivity index (χ0v) is 17.6. The Morgan fingerprint density at radius 3 is 2.62 bits per heavy atom. The topological polar surface area (TPSA) is 60.0 Å². The Hall–Kier alpha value is -2.44. The van der Waals surface area contributed by atoms with E-state index in [4.69, 9.17) is 25.8 Å². The molecule has 1 N–H and O–H groups in total. The van der Waals surface area contributed by atoms with Crippen molar-refractivity contribution < 1.29 is 19.0 Å². The van der Waals surface area contributed by atoms with Gasteiger partial charge >= 0.3 is 0 Å². The molecule has 0 saturated carbocycles. The standard InChI is InChI=1S/C22H27ClN2O4/c1-27-18-9-10-21(28-2)19(14-18)20-4-3-12-25(20)15-22(26)24-11-13-29-17-7-5-16(23)6-8-17/h5-10,14,20H,3-4,11-13,15H2,1-2H3,(H,24,26)/t20-/m0/s1. The van der Waals surface area contributed by atoms with Crippen molar-refractivity contribution >= 4 is 17.5 Å². The summed E-state index contributed by atoms with van der Waals surface area (Å²) in [5.41, 5.74) is 1.06. The number of methoxy groups -OCH3 is 2. The highest BCUT2D eigenvalue weighted by molar-refractivity contribution is 6.30. The van der Waals surface area contributed by atoms with Gasteiger partial charge in [0, 0.05) is 16.6 Å². The molecule has 1 saturated heterocycles. The lowest BCUT2D eigenvalue weighted by Crippen LogP contribution is -2.38. The van der Waals surface area contributed by atoms with Crippen LogP contribution in [0.5, 0.6) is 17.2 Å². The van der Waals surface area contributed by atoms with Crippen LogP contribution < -0.4 is 19.5 Å². The van der Waals surface area contributed by atoms with Crippen LogP contribution in [0.25, 0.3) is 0 Å². The molecule has 6 nitrogen and oxygen atoms in total. The summed E-state index contributed by atoms with van der Waals surface area (Å²) in [6, 6.07) is 13.1. The fraction of sp³-hybridized carbons (Fsp3) is 0.409. The lowest BCUT2D eigenvalue weighted by molar-refractivity contribution is -0.122. The summed E-state index contributed by atoms with van der Waals surface area (Å²) in [7, 11) is 3.32. The van der Waals surface area contributed by atoms with Gasteiger partial charge in [-0.2, -0.15) is 0 Å². The lowest BCUT2D eigenvalue weighted by atomic mass is 10.0. The lowest BCUT2D eigenvalue weighted by Gasteiger charge is -2.26. The van der Waals surface area contributed by atoms with E-state index >= 15 is 0 Å². The Balaban J connectivity index is 1.51. The minimum atomic E-state index is -0.0153. The number of rotatable bonds is 9. The molecule has 0 aromatic heterocycles. The molecule has 29 heavy (non-hydrogen) atoms. The second kappa shape index (κ2) is 10.4. The van der Waals surface area contributed by atoms with Gasteiger partial charge in [-0.05, 0) is 61.9 Å². The van der Waals surface area contributed by atoms with E-state index in [2.05, 4.69) is 10.2 Å². The zero-order chi connectivity index (χ0) is 20.6. The van der Waals surface area contributed by atoms with Gasteiger partial charge in [-0.3, -0.25) is 9.69 Å². The van der Waals surface area contributed by atoms with Crippen molar-refractivity contribution in [1.82, 2.24) is 10.2 Å². The summed E-state index contributed by atoms with van der Waals surface area (Å²) < 4.78 is 16.5. The number of hydrogen-bond acceptors (Lipinski definition) is 5. The van der Waals surface area contributed by atoms with Gasteiger partial charge in [0.05, 0.1) is 27.3 Å². The van der Waals surface area contributed by atoms with Crippen molar-refractivity contribution in [2.45, 2.75) is 18.9 Å². The third kappa shape index (κ3) is 5.78. The number of nitrogens with one attached hydrogen (secondary N) is 1. The van der Waals surface area contributed by atoms with Crippen LogP contribution >= 0.6 is 11.6 Å². The van der Waals surface area contributed by atoms with E-state index < -0.39 is 0 Å². The average Bonchev–Trinajstić information content (AvgIpc) is 3.19. The zero-order valence-electron chi connectivity index (χ0n) is 16.8. The summed E-state index contributed by atoms with van der Waals surface area (Å²) in [6.07, 6.45) is 2.02. The van der Waals surface area contributed by atoms with Crippen molar-refractivity contribution in [2.24, 2.45) is 0 Å². The van der Waals surface area contributed by atoms with Crippen LogP contribution in [-0.4, -0.2) is 51.3 Å². The van der Waals surface area contributed by atoms with E-state index in [1.165, 1.54) is 0 Å². The molecule has 7 heteroatoms. The molecule has 1 fully saturated rings. The maximum Gasteiger partial charge on any atom is 0.234 e. The smallest absolute Gasteiger partial charge is 0.234 e. The van der Waals surface area contributed by atoms with Gasteiger partial charge in [-0.1, -0.05) is 11.6 Å². The van der Waals surface area contributed by atoms with Crippen LogP contribution in [0, 0.1) is 0 Å². The second-order valence-electron chi connectivity index (χ2n) is 6.89. The summed E-state index contributed by atoms with van der Waals surface area (Å²) in [5, 5.41) is 3.59. The van der Waals surface area contributed by atoms with Crippen LogP contribution in [-0.2, 0) is 4.79 Å². The summed E-state index contributed by atoms with van der Waals surface area (Å²) >= 11 is 5.86. The first kappa shape index (κ1) is 21.3. The SMILES string of the molecule is COc1ccc(OC)c([C@@H]2CCCN2CC(=O)NCCOc2ccc(Cl)cc2)c1. The molecule has 1 heterocycles. The van der Waals surface area contributed by atoms with Gasteiger partial charge in [-0.15, -0.1) is 0 Å². The van der Waals surface area contributed by atoms with Gasteiger partial charge in [0.25, 0.3) is 0 Å². The molecule has 0 bridgehead atoms. The Morgan fingerprint density at radius 2 is 1.90 bits per heavy atom. The Bertz CT molecular complexity index is 813. The van der Waals surface area contributed by atoms with Crippen molar-refractivity contribution in [2.75, 3.05) is 40.5 Å². The number of carbonyl (C=O) groups is 1. The number of likely N-dealkylation sites (tertiary alicyclic amines) is 1. The molecule has 1 aliphatic rings. The predicted molar refractivity (Wildman–Crippen MR) is 113 cm³/mol. The molecule has 0 unspecified atom stereocenters. The number of carbonyl (C=O) groups excluding carboxylic acids is 1. The van der Waals surface area contributed by atoms with Gasteiger partial charge < -0.3 is 19.5 Å². The molecular weight excluding hydrogens is 392 g/mol. The molecule has 2 aromatic rings. The minimum absolute atomic E-state index is 0.0153. The van der Waals surface area contributed by atoms with E-state index in [1.54, 1.807) is 38.5 Å². The molecule has 3 rings (SSSR count). The van der Waals surface area contributed by atoms with Crippen molar-refractivity contribution in [3.63, 3.8) is 0 Å². The maximum atomic E-state index is 12.4. The van der Waals surface area contributed by atoms with E-state index in [0.717, 1.165) is 42.2 Å². The number of benzene rings is 2. The van der Waals surface area contributed by atoms with Crippen molar-refractivity contribution in [1.29, 1.82) is 0 Å². The highest BCUT2D eigenvalue weighted by Crippen LogP contribution is 2.38. The number of amides is 1. The molecule has 2 aromatic carbocycles. The molecular formula is C22H27ClN2O4. The van der Waals surface area contributed by atoms with Gasteiger partial charge in [0.1, 0.15) is 23.9 Å². The monoisotopic (exact) mass is 418 g/mol. The Morgan fingerprint density at radius 1 is 1.14 bits per heavy atom. The van der Waals surface area contributed by atoms with Crippen molar-refractivity contribution in [3.8, 4) is 17.2 Å². The van der Waals surface area contributed by atoms with Crippen LogP contribution in [0.4, 0.5) is 0 Å². The van der Waals surface area contributed by atoms with Crippen LogP contribution in [0.1, 0.15) is 24.4 Å². The van der Waals surface area contributed by atoms with Gasteiger partial charge in [-0.25, -0.2) is 0 Å². The highest BCUT2D eigenvalue weighted by Gasteiger charge is 2.30. The Kier molecular flexibility index (Phi) is 7.61. The summed E-state index contributed by atoms with van der Waals surface area (Å²) in [5.74, 6) is 2.32. The Labute approximate surface area is 176 Å². The van der Waals surface area contributed by atoms with Crippen molar-refractivity contribution in [3.05, 3.63) is 53.1 Å². The van der Waals surface area contributed by atoms with Gasteiger partial charge in [0.2, 0.25) is 5.91 Å². The normalized spacial score (nSPS) is 16.4. The molecule has 1 amide bonds. The summed E-state index contributed by atoms with van der Waals surface area (Å²) in [6.45, 7) is 2.06. The molecule has 0 radical (unpaired) electrons. The largest absolute Gasteiger partial charge is 0.497 e. The molecule has 1 atom stereocenters. The number of nitrogens with zero attached hydrogens (tertiary/aromatic N) is 1. The van der Waals surface area contributed by atoms with E-state index in [-0.39, 0.29) is 11.9 Å².